The van der Waals surface area contributed by atoms with Crippen LogP contribution in [0.5, 0.6) is 0 Å². The Morgan fingerprint density at radius 3 is 2.59 bits per heavy atom. The zero-order valence-electron chi connectivity index (χ0n) is 9.73. The van der Waals surface area contributed by atoms with Crippen molar-refractivity contribution in [2.24, 2.45) is 5.92 Å². The molecule has 0 aromatic heterocycles. The van der Waals surface area contributed by atoms with Gasteiger partial charge in [0.25, 0.3) is 0 Å². The predicted molar refractivity (Wildman–Crippen MR) is 66.7 cm³/mol. The summed E-state index contributed by atoms with van der Waals surface area (Å²) in [6.45, 7) is 4.14. The third-order valence-corrected chi connectivity index (χ3v) is 3.28. The van der Waals surface area contributed by atoms with Crippen molar-refractivity contribution in [3.05, 3.63) is 48.6 Å². The number of carboxylic acids is 1. The van der Waals surface area contributed by atoms with Crippen LogP contribution in [-0.2, 0) is 10.3 Å². The van der Waals surface area contributed by atoms with Gasteiger partial charge < -0.3 is 5.11 Å². The molecule has 1 unspecified atom stereocenters. The maximum atomic E-state index is 11.7. The minimum Gasteiger partial charge on any atom is -0.480 e. The first-order valence-corrected chi connectivity index (χ1v) is 5.86. The molecule has 0 saturated heterocycles. The number of benzene rings is 1. The Labute approximate surface area is 101 Å². The molecule has 2 N–H and O–H groups in total. The van der Waals surface area contributed by atoms with Crippen LogP contribution in [-0.4, -0.2) is 17.6 Å². The molecular weight excluding hydrogens is 214 g/mol. The predicted octanol–water partition coefficient (Wildman–Crippen LogP) is 2.15. The highest BCUT2D eigenvalue weighted by atomic mass is 16.4. The number of nitrogens with one attached hydrogen (secondary N) is 1. The molecule has 1 aromatic rings. The number of hydrogen-bond acceptors (Lipinski definition) is 2. The van der Waals surface area contributed by atoms with Crippen LogP contribution in [0.1, 0.15) is 18.4 Å². The number of carbonyl (C=O) groups is 1. The second-order valence-corrected chi connectivity index (χ2v) is 4.42. The van der Waals surface area contributed by atoms with Crippen molar-refractivity contribution in [3.63, 3.8) is 0 Å². The second kappa shape index (κ2) is 4.72. The zero-order valence-corrected chi connectivity index (χ0v) is 9.73. The van der Waals surface area contributed by atoms with Gasteiger partial charge in [0, 0.05) is 6.54 Å². The van der Waals surface area contributed by atoms with E-state index in [0.717, 1.165) is 18.4 Å². The third-order valence-electron chi connectivity index (χ3n) is 3.28. The van der Waals surface area contributed by atoms with E-state index in [1.54, 1.807) is 6.08 Å². The van der Waals surface area contributed by atoms with Gasteiger partial charge in [0.1, 0.15) is 5.54 Å². The van der Waals surface area contributed by atoms with Crippen molar-refractivity contribution < 1.29 is 9.90 Å². The maximum Gasteiger partial charge on any atom is 0.328 e. The van der Waals surface area contributed by atoms with Crippen LogP contribution in [0.3, 0.4) is 0 Å². The molecule has 3 nitrogen and oxygen atoms in total. The Morgan fingerprint density at radius 1 is 1.47 bits per heavy atom. The van der Waals surface area contributed by atoms with Crippen LogP contribution in [0, 0.1) is 5.92 Å². The molecular formula is C14H17NO2. The van der Waals surface area contributed by atoms with Crippen LogP contribution >= 0.6 is 0 Å². The normalized spacial score (nSPS) is 18.4. The average Bonchev–Trinajstić information content (AvgIpc) is 3.16. The third kappa shape index (κ3) is 2.11. The first kappa shape index (κ1) is 11.9. The molecule has 1 aliphatic rings. The van der Waals surface area contributed by atoms with Gasteiger partial charge in [-0.2, -0.15) is 0 Å². The van der Waals surface area contributed by atoms with E-state index in [4.69, 9.17) is 0 Å². The van der Waals surface area contributed by atoms with Gasteiger partial charge in [-0.3, -0.25) is 5.32 Å². The van der Waals surface area contributed by atoms with Gasteiger partial charge >= 0.3 is 5.97 Å². The van der Waals surface area contributed by atoms with E-state index in [0.29, 0.717) is 6.54 Å². The molecule has 90 valence electrons. The van der Waals surface area contributed by atoms with Gasteiger partial charge in [-0.1, -0.05) is 36.4 Å². The highest BCUT2D eigenvalue weighted by molar-refractivity contribution is 5.82. The fraction of sp³-hybridized carbons (Fsp3) is 0.357. The van der Waals surface area contributed by atoms with Crippen molar-refractivity contribution in [1.29, 1.82) is 0 Å². The number of hydrogen-bond donors (Lipinski definition) is 2. The first-order chi connectivity index (χ1) is 8.21. The Bertz CT molecular complexity index is 411. The van der Waals surface area contributed by atoms with Gasteiger partial charge in [-0.15, -0.1) is 6.58 Å². The van der Waals surface area contributed by atoms with Crippen molar-refractivity contribution in [2.75, 3.05) is 6.54 Å². The largest absolute Gasteiger partial charge is 0.480 e. The summed E-state index contributed by atoms with van der Waals surface area (Å²) in [5, 5.41) is 12.8. The molecule has 1 fully saturated rings. The Morgan fingerprint density at radius 2 is 2.12 bits per heavy atom. The lowest BCUT2D eigenvalue weighted by Crippen LogP contribution is -2.51. The zero-order chi connectivity index (χ0) is 12.3. The summed E-state index contributed by atoms with van der Waals surface area (Å²) in [5.41, 5.74) is -0.119. The van der Waals surface area contributed by atoms with Gasteiger partial charge in [-0.05, 0) is 24.3 Å². The molecule has 0 radical (unpaired) electrons. The SMILES string of the molecule is C=CCNC(C(=O)O)(c1ccccc1)C1CC1. The number of carboxylic acid groups (broad SMARTS) is 1. The molecule has 1 aromatic carbocycles. The Balaban J connectivity index is 2.40. The van der Waals surface area contributed by atoms with Gasteiger partial charge in [-0.25, -0.2) is 4.79 Å². The topological polar surface area (TPSA) is 49.3 Å². The standard InChI is InChI=1S/C14H17NO2/c1-2-10-15-14(13(16)17,12-8-9-12)11-6-4-3-5-7-11/h2-7,12,15H,1,8-10H2,(H,16,17). The van der Waals surface area contributed by atoms with Crippen molar-refractivity contribution in [1.82, 2.24) is 5.32 Å². The summed E-state index contributed by atoms with van der Waals surface area (Å²) in [6.07, 6.45) is 3.62. The minimum absolute atomic E-state index is 0.183. The Kier molecular flexibility index (Phi) is 3.29. The van der Waals surface area contributed by atoms with Crippen molar-refractivity contribution in [3.8, 4) is 0 Å². The lowest BCUT2D eigenvalue weighted by molar-refractivity contribution is -0.146. The average molecular weight is 231 g/mol. The van der Waals surface area contributed by atoms with Crippen molar-refractivity contribution in [2.45, 2.75) is 18.4 Å². The molecule has 3 heteroatoms. The summed E-state index contributed by atoms with van der Waals surface area (Å²) >= 11 is 0. The molecule has 0 aliphatic heterocycles. The second-order valence-electron chi connectivity index (χ2n) is 4.42. The highest BCUT2D eigenvalue weighted by Gasteiger charge is 2.51. The van der Waals surface area contributed by atoms with Crippen LogP contribution in [0.25, 0.3) is 0 Å². The summed E-state index contributed by atoms with van der Waals surface area (Å²) in [6, 6.07) is 9.41. The van der Waals surface area contributed by atoms with E-state index in [9.17, 15) is 9.90 Å². The molecule has 0 amide bonds. The summed E-state index contributed by atoms with van der Waals surface area (Å²) in [5.74, 6) is -0.615. The summed E-state index contributed by atoms with van der Waals surface area (Å²) < 4.78 is 0. The first-order valence-electron chi connectivity index (χ1n) is 5.86. The Hall–Kier alpha value is -1.61. The molecule has 2 rings (SSSR count). The molecule has 0 bridgehead atoms. The van der Waals surface area contributed by atoms with E-state index >= 15 is 0 Å². The fourth-order valence-electron chi connectivity index (χ4n) is 2.31. The maximum absolute atomic E-state index is 11.7. The summed E-state index contributed by atoms with van der Waals surface area (Å²) in [4.78, 5) is 11.7. The van der Waals surface area contributed by atoms with Crippen LogP contribution in [0.4, 0.5) is 0 Å². The monoisotopic (exact) mass is 231 g/mol. The van der Waals surface area contributed by atoms with E-state index in [1.807, 2.05) is 30.3 Å². The van der Waals surface area contributed by atoms with Crippen LogP contribution in [0.2, 0.25) is 0 Å². The van der Waals surface area contributed by atoms with Crippen LogP contribution < -0.4 is 5.32 Å². The molecule has 1 aliphatic carbocycles. The van der Waals surface area contributed by atoms with Crippen LogP contribution in [0.15, 0.2) is 43.0 Å². The lowest BCUT2D eigenvalue weighted by Gasteiger charge is -2.31. The molecule has 1 atom stereocenters. The van der Waals surface area contributed by atoms with Gasteiger partial charge in [0.2, 0.25) is 0 Å². The van der Waals surface area contributed by atoms with E-state index in [-0.39, 0.29) is 5.92 Å². The molecule has 1 saturated carbocycles. The number of rotatable bonds is 6. The summed E-state index contributed by atoms with van der Waals surface area (Å²) in [7, 11) is 0. The minimum atomic E-state index is -0.949. The van der Waals surface area contributed by atoms with E-state index in [2.05, 4.69) is 11.9 Å². The quantitative estimate of drug-likeness (QED) is 0.737. The number of aliphatic carboxylic acids is 1. The van der Waals surface area contributed by atoms with Gasteiger partial charge in [0.05, 0.1) is 0 Å². The lowest BCUT2D eigenvalue weighted by atomic mass is 9.85. The van der Waals surface area contributed by atoms with E-state index in [1.165, 1.54) is 0 Å². The van der Waals surface area contributed by atoms with Gasteiger partial charge in [0.15, 0.2) is 0 Å². The van der Waals surface area contributed by atoms with Crippen molar-refractivity contribution >= 4 is 5.97 Å². The smallest absolute Gasteiger partial charge is 0.328 e. The molecule has 17 heavy (non-hydrogen) atoms. The molecule has 0 spiro atoms. The fourth-order valence-corrected chi connectivity index (χ4v) is 2.31. The highest BCUT2D eigenvalue weighted by Crippen LogP contribution is 2.45. The molecule has 0 heterocycles. The van der Waals surface area contributed by atoms with E-state index < -0.39 is 11.5 Å².